The molecule has 2 amide bonds. The molecule has 0 aromatic heterocycles. The number of aliphatic hydroxyl groups is 1. The summed E-state index contributed by atoms with van der Waals surface area (Å²) in [6.45, 7) is 1.40. The van der Waals surface area contributed by atoms with Gasteiger partial charge in [0.2, 0.25) is 0 Å². The van der Waals surface area contributed by atoms with E-state index in [1.165, 1.54) is 17.0 Å². The molecular formula is C18H21FN2O3. The van der Waals surface area contributed by atoms with E-state index >= 15 is 0 Å². The van der Waals surface area contributed by atoms with E-state index in [9.17, 15) is 14.3 Å². The third-order valence-electron chi connectivity index (χ3n) is 3.87. The number of urea groups is 1. The van der Waals surface area contributed by atoms with Crippen LogP contribution in [-0.2, 0) is 0 Å². The minimum atomic E-state index is -0.502. The summed E-state index contributed by atoms with van der Waals surface area (Å²) in [5.74, 6) is 0.372. The lowest BCUT2D eigenvalue weighted by Gasteiger charge is -2.27. The maximum Gasteiger partial charge on any atom is 0.322 e. The van der Waals surface area contributed by atoms with Gasteiger partial charge in [0.1, 0.15) is 11.6 Å². The quantitative estimate of drug-likeness (QED) is 0.883. The Labute approximate surface area is 140 Å². The first-order valence-corrected chi connectivity index (χ1v) is 7.51. The third kappa shape index (κ3) is 4.02. The number of hydrogen-bond donors (Lipinski definition) is 2. The van der Waals surface area contributed by atoms with Crippen molar-refractivity contribution in [3.8, 4) is 5.75 Å². The Balaban J connectivity index is 2.12. The number of hydrogen-bond acceptors (Lipinski definition) is 3. The predicted octanol–water partition coefficient (Wildman–Crippen LogP) is 3.34. The van der Waals surface area contributed by atoms with Gasteiger partial charge in [-0.05, 0) is 48.4 Å². The highest BCUT2D eigenvalue weighted by Crippen LogP contribution is 2.23. The van der Waals surface area contributed by atoms with Crippen molar-refractivity contribution < 1.29 is 19.0 Å². The van der Waals surface area contributed by atoms with Crippen LogP contribution in [0.3, 0.4) is 0 Å². The maximum absolute atomic E-state index is 13.3. The molecule has 0 fully saturated rings. The topological polar surface area (TPSA) is 61.8 Å². The second-order valence-corrected chi connectivity index (χ2v) is 5.48. The van der Waals surface area contributed by atoms with Crippen molar-refractivity contribution in [1.82, 2.24) is 4.90 Å². The number of halogens is 1. The summed E-state index contributed by atoms with van der Waals surface area (Å²) in [6, 6.07) is 10.6. The number of carbonyl (C=O) groups is 1. The number of anilines is 1. The van der Waals surface area contributed by atoms with Crippen molar-refractivity contribution in [3.05, 3.63) is 59.4 Å². The van der Waals surface area contributed by atoms with E-state index in [1.807, 2.05) is 0 Å². The molecule has 1 atom stereocenters. The van der Waals surface area contributed by atoms with Crippen molar-refractivity contribution in [3.63, 3.8) is 0 Å². The number of likely N-dealkylation sites (N-methyl/N-ethyl adjacent to an activating group) is 1. The second kappa shape index (κ2) is 7.79. The van der Waals surface area contributed by atoms with E-state index in [-0.39, 0.29) is 12.4 Å². The van der Waals surface area contributed by atoms with Crippen molar-refractivity contribution in [1.29, 1.82) is 0 Å². The number of carbonyl (C=O) groups excluding carboxylic acids is 1. The van der Waals surface area contributed by atoms with E-state index < -0.39 is 12.1 Å². The summed E-state index contributed by atoms with van der Waals surface area (Å²) < 4.78 is 18.4. The number of ether oxygens (including phenoxy) is 1. The molecule has 0 saturated heterocycles. The summed E-state index contributed by atoms with van der Waals surface area (Å²) in [5.41, 5.74) is 1.73. The largest absolute Gasteiger partial charge is 0.497 e. The highest BCUT2D eigenvalue weighted by Gasteiger charge is 2.21. The molecule has 2 aromatic carbocycles. The molecule has 24 heavy (non-hydrogen) atoms. The van der Waals surface area contributed by atoms with Gasteiger partial charge < -0.3 is 20.1 Å². The SMILES string of the molecule is COc1ccc(C(CO)N(C)C(=O)Nc2ccc(F)c(C)c2)cc1. The van der Waals surface area contributed by atoms with Crippen LogP contribution in [0, 0.1) is 12.7 Å². The van der Waals surface area contributed by atoms with Crippen LogP contribution in [0.5, 0.6) is 5.75 Å². The Hall–Kier alpha value is -2.60. The fourth-order valence-corrected chi connectivity index (χ4v) is 2.35. The maximum atomic E-state index is 13.3. The number of amides is 2. The zero-order valence-electron chi connectivity index (χ0n) is 13.9. The van der Waals surface area contributed by atoms with E-state index in [2.05, 4.69) is 5.32 Å². The predicted molar refractivity (Wildman–Crippen MR) is 90.7 cm³/mol. The van der Waals surface area contributed by atoms with Crippen LogP contribution < -0.4 is 10.1 Å². The molecule has 0 bridgehead atoms. The van der Waals surface area contributed by atoms with Gasteiger partial charge in [0, 0.05) is 12.7 Å². The Kier molecular flexibility index (Phi) is 5.76. The van der Waals surface area contributed by atoms with E-state index in [0.29, 0.717) is 17.0 Å². The van der Waals surface area contributed by atoms with E-state index in [1.54, 1.807) is 51.4 Å². The number of aryl methyl sites for hydroxylation is 1. The lowest BCUT2D eigenvalue weighted by Crippen LogP contribution is -2.36. The molecule has 0 spiro atoms. The molecule has 1 unspecified atom stereocenters. The van der Waals surface area contributed by atoms with Crippen molar-refractivity contribution in [2.45, 2.75) is 13.0 Å². The highest BCUT2D eigenvalue weighted by atomic mass is 19.1. The Bertz CT molecular complexity index is 704. The Morgan fingerprint density at radius 3 is 2.50 bits per heavy atom. The van der Waals surface area contributed by atoms with Gasteiger partial charge in [-0.2, -0.15) is 0 Å². The van der Waals surface area contributed by atoms with Gasteiger partial charge in [-0.25, -0.2) is 9.18 Å². The molecule has 0 saturated carbocycles. The Morgan fingerprint density at radius 2 is 1.96 bits per heavy atom. The van der Waals surface area contributed by atoms with Crippen molar-refractivity contribution in [2.75, 3.05) is 26.1 Å². The summed E-state index contributed by atoms with van der Waals surface area (Å²) >= 11 is 0. The van der Waals surface area contributed by atoms with Gasteiger partial charge >= 0.3 is 6.03 Å². The van der Waals surface area contributed by atoms with Crippen LogP contribution in [0.2, 0.25) is 0 Å². The van der Waals surface area contributed by atoms with Gasteiger partial charge in [0.25, 0.3) is 0 Å². The van der Waals surface area contributed by atoms with Crippen LogP contribution in [-0.4, -0.2) is 36.8 Å². The first kappa shape index (κ1) is 17.7. The molecule has 0 aliphatic heterocycles. The molecule has 2 aromatic rings. The molecule has 5 nitrogen and oxygen atoms in total. The lowest BCUT2D eigenvalue weighted by molar-refractivity contribution is 0.159. The first-order chi connectivity index (χ1) is 11.5. The Morgan fingerprint density at radius 1 is 1.29 bits per heavy atom. The molecule has 0 aliphatic rings. The highest BCUT2D eigenvalue weighted by molar-refractivity contribution is 5.89. The molecule has 0 heterocycles. The molecule has 0 radical (unpaired) electrons. The van der Waals surface area contributed by atoms with Crippen LogP contribution in [0.25, 0.3) is 0 Å². The monoisotopic (exact) mass is 332 g/mol. The van der Waals surface area contributed by atoms with Gasteiger partial charge in [-0.1, -0.05) is 12.1 Å². The minimum Gasteiger partial charge on any atom is -0.497 e. The summed E-state index contributed by atoms with van der Waals surface area (Å²) in [4.78, 5) is 13.8. The van der Waals surface area contributed by atoms with Crippen LogP contribution >= 0.6 is 0 Å². The zero-order chi connectivity index (χ0) is 17.7. The zero-order valence-corrected chi connectivity index (χ0v) is 13.9. The van der Waals surface area contributed by atoms with Gasteiger partial charge in [-0.15, -0.1) is 0 Å². The first-order valence-electron chi connectivity index (χ1n) is 7.51. The lowest BCUT2D eigenvalue weighted by atomic mass is 10.1. The van der Waals surface area contributed by atoms with Gasteiger partial charge in [0.05, 0.1) is 19.8 Å². The van der Waals surface area contributed by atoms with E-state index in [4.69, 9.17) is 4.74 Å². The number of aliphatic hydroxyl groups excluding tert-OH is 1. The fourth-order valence-electron chi connectivity index (χ4n) is 2.35. The van der Waals surface area contributed by atoms with Crippen LogP contribution in [0.1, 0.15) is 17.2 Å². The van der Waals surface area contributed by atoms with Crippen molar-refractivity contribution >= 4 is 11.7 Å². The molecule has 2 N–H and O–H groups in total. The normalized spacial score (nSPS) is 11.7. The summed E-state index contributed by atoms with van der Waals surface area (Å²) in [6.07, 6.45) is 0. The smallest absolute Gasteiger partial charge is 0.322 e. The number of methoxy groups -OCH3 is 1. The van der Waals surface area contributed by atoms with Crippen molar-refractivity contribution in [2.24, 2.45) is 0 Å². The van der Waals surface area contributed by atoms with Crippen LogP contribution in [0.4, 0.5) is 14.9 Å². The molecule has 2 rings (SSSR count). The standard InChI is InChI=1S/C18H21FN2O3/c1-12-10-14(6-9-16(12)19)20-18(23)21(2)17(11-22)13-4-7-15(24-3)8-5-13/h4-10,17,22H,11H2,1-3H3,(H,20,23). The van der Waals surface area contributed by atoms with Crippen LogP contribution in [0.15, 0.2) is 42.5 Å². The number of nitrogens with one attached hydrogen (secondary N) is 1. The summed E-state index contributed by atoms with van der Waals surface area (Å²) in [5, 5.41) is 12.4. The molecule has 128 valence electrons. The van der Waals surface area contributed by atoms with Gasteiger partial charge in [0.15, 0.2) is 0 Å². The second-order valence-electron chi connectivity index (χ2n) is 5.48. The summed E-state index contributed by atoms with van der Waals surface area (Å²) in [7, 11) is 3.17. The average molecular weight is 332 g/mol. The molecule has 6 heteroatoms. The molecular weight excluding hydrogens is 311 g/mol. The number of nitrogens with zero attached hydrogens (tertiary/aromatic N) is 1. The molecule has 0 aliphatic carbocycles. The van der Waals surface area contributed by atoms with E-state index in [0.717, 1.165) is 5.56 Å². The average Bonchev–Trinajstić information content (AvgIpc) is 2.59. The number of benzene rings is 2. The fraction of sp³-hybridized carbons (Fsp3) is 0.278. The van der Waals surface area contributed by atoms with Gasteiger partial charge in [-0.3, -0.25) is 0 Å². The third-order valence-corrected chi connectivity index (χ3v) is 3.87. The minimum absolute atomic E-state index is 0.224. The number of rotatable bonds is 5.